The summed E-state index contributed by atoms with van der Waals surface area (Å²) in [4.78, 5) is 3.91. The van der Waals surface area contributed by atoms with Crippen LogP contribution in [0.2, 0.25) is 0 Å². The Kier molecular flexibility index (Phi) is 3.49. The zero-order valence-electron chi connectivity index (χ0n) is 2.14. The van der Waals surface area contributed by atoms with E-state index in [1.54, 1.807) is 0 Å². The van der Waals surface area contributed by atoms with Crippen molar-refractivity contribution in [2.75, 3.05) is 5.94 Å². The third kappa shape index (κ3) is 2.27. The second-order valence-corrected chi connectivity index (χ2v) is 0.554. The first-order chi connectivity index (χ1) is 1.91. The first-order valence-electron chi connectivity index (χ1n) is 0.841. The Morgan fingerprint density at radius 3 is 2.25 bits per heavy atom. The summed E-state index contributed by atoms with van der Waals surface area (Å²) in [5.41, 5.74) is 0. The van der Waals surface area contributed by atoms with Gasteiger partial charge in [0.1, 0.15) is 5.94 Å². The van der Waals surface area contributed by atoms with Gasteiger partial charge in [0.05, 0.1) is 0 Å². The molecule has 0 atom stereocenters. The molecule has 0 aliphatic carbocycles. The maximum absolute atomic E-state index is 4.45. The molecule has 3 heteroatoms. The topological polar surface area (TPSA) is 35.2 Å². The van der Waals surface area contributed by atoms with Crippen LogP contribution in [0.15, 0.2) is 0 Å². The van der Waals surface area contributed by atoms with Crippen LogP contribution in [0.3, 0.4) is 0 Å². The molecule has 0 amide bonds. The molecular weight excluding hydrogens is 74.1 g/mol. The molecule has 0 aromatic heterocycles. The predicted molar refractivity (Wildman–Crippen MR) is 19.1 cm³/mol. The van der Waals surface area contributed by atoms with Gasteiger partial charge in [-0.25, -0.2) is 5.90 Å². The van der Waals surface area contributed by atoms with Crippen molar-refractivity contribution in [3.63, 3.8) is 0 Å². The monoisotopic (exact) mass is 79.0 g/mol. The van der Waals surface area contributed by atoms with Gasteiger partial charge in [-0.15, -0.1) is 12.6 Å². The van der Waals surface area contributed by atoms with E-state index >= 15 is 0 Å². The van der Waals surface area contributed by atoms with E-state index in [0.29, 0.717) is 5.94 Å². The highest BCUT2D eigenvalue weighted by atomic mass is 32.1. The van der Waals surface area contributed by atoms with Gasteiger partial charge in [0.2, 0.25) is 0 Å². The van der Waals surface area contributed by atoms with E-state index in [4.69, 9.17) is 0 Å². The quantitative estimate of drug-likeness (QED) is 0.258. The molecule has 0 bridgehead atoms. The van der Waals surface area contributed by atoms with Crippen molar-refractivity contribution in [1.29, 1.82) is 0 Å². The minimum atomic E-state index is 0.292. The molecule has 2 nitrogen and oxygen atoms in total. The lowest BCUT2D eigenvalue weighted by molar-refractivity contribution is 0.191. The van der Waals surface area contributed by atoms with Crippen LogP contribution >= 0.6 is 12.6 Å². The average Bonchev–Trinajstić information content (AvgIpc) is 1.37. The molecule has 26 valence electrons. The molecule has 0 unspecified atom stereocenters. The summed E-state index contributed by atoms with van der Waals surface area (Å²) in [6, 6.07) is 0. The molecule has 4 heavy (non-hydrogen) atoms. The smallest absolute Gasteiger partial charge is 0.111 e. The van der Waals surface area contributed by atoms with Gasteiger partial charge in [-0.1, -0.05) is 0 Å². The van der Waals surface area contributed by atoms with Crippen LogP contribution in [0.1, 0.15) is 0 Å². The molecule has 0 aromatic rings. The molecular formula is CH5NOS. The Morgan fingerprint density at radius 1 is 2.00 bits per heavy atom. The van der Waals surface area contributed by atoms with E-state index in [1.807, 2.05) is 0 Å². The zero-order chi connectivity index (χ0) is 3.41. The summed E-state index contributed by atoms with van der Waals surface area (Å²) < 4.78 is 0. The highest BCUT2D eigenvalue weighted by molar-refractivity contribution is 7.80. The van der Waals surface area contributed by atoms with Gasteiger partial charge in [0.15, 0.2) is 0 Å². The van der Waals surface area contributed by atoms with Gasteiger partial charge >= 0.3 is 0 Å². The number of hydrogen-bond donors (Lipinski definition) is 2. The summed E-state index contributed by atoms with van der Waals surface area (Å²) in [5.74, 6) is 4.74. The van der Waals surface area contributed by atoms with Crippen molar-refractivity contribution in [2.45, 2.75) is 0 Å². The van der Waals surface area contributed by atoms with Crippen LogP contribution in [-0.2, 0) is 4.84 Å². The Hall–Kier alpha value is 0.270. The Balaban J connectivity index is 1.97. The molecule has 0 heterocycles. The van der Waals surface area contributed by atoms with Gasteiger partial charge in [-0.2, -0.15) is 0 Å². The van der Waals surface area contributed by atoms with E-state index in [9.17, 15) is 0 Å². The van der Waals surface area contributed by atoms with Gasteiger partial charge < -0.3 is 0 Å². The van der Waals surface area contributed by atoms with Crippen molar-refractivity contribution in [2.24, 2.45) is 5.90 Å². The minimum absolute atomic E-state index is 0.292. The van der Waals surface area contributed by atoms with E-state index in [2.05, 4.69) is 23.4 Å². The van der Waals surface area contributed by atoms with Crippen LogP contribution in [-0.4, -0.2) is 5.94 Å². The summed E-state index contributed by atoms with van der Waals surface area (Å²) in [7, 11) is 0. The molecule has 0 rings (SSSR count). The van der Waals surface area contributed by atoms with E-state index in [-0.39, 0.29) is 0 Å². The van der Waals surface area contributed by atoms with Crippen molar-refractivity contribution >= 4 is 12.6 Å². The van der Waals surface area contributed by atoms with Crippen LogP contribution in [0.4, 0.5) is 0 Å². The lowest BCUT2D eigenvalue weighted by Crippen LogP contribution is -1.92. The largest absolute Gasteiger partial charge is 0.294 e. The second-order valence-electron chi connectivity index (χ2n) is 0.296. The molecule has 0 aliphatic heterocycles. The lowest BCUT2D eigenvalue weighted by Gasteiger charge is -1.75. The molecule has 2 N–H and O–H groups in total. The molecule has 0 aliphatic rings. The fourth-order valence-electron chi connectivity index (χ4n) is 0. The van der Waals surface area contributed by atoms with E-state index < -0.39 is 0 Å². The second kappa shape index (κ2) is 3.27. The number of rotatable bonds is 1. The summed E-state index contributed by atoms with van der Waals surface area (Å²) >= 11 is 3.57. The normalized spacial score (nSPS) is 7.50. The Bertz CT molecular complexity index is 10.0. The number of thiol groups is 1. The third-order valence-corrected chi connectivity index (χ3v) is 0.224. The van der Waals surface area contributed by atoms with Gasteiger partial charge in [-0.3, -0.25) is 4.84 Å². The Labute approximate surface area is 30.3 Å². The highest BCUT2D eigenvalue weighted by Gasteiger charge is 1.52. The molecule has 0 saturated heterocycles. The van der Waals surface area contributed by atoms with Crippen molar-refractivity contribution in [3.8, 4) is 0 Å². The number of hydrogen-bond acceptors (Lipinski definition) is 3. The molecule has 0 fully saturated rings. The third-order valence-electron chi connectivity index (χ3n) is 0.0745. The standard InChI is InChI=1S/CH5NOS/c2-3-1-4/h4H,1-2H2. The highest BCUT2D eigenvalue weighted by Crippen LogP contribution is 1.61. The summed E-state index contributed by atoms with van der Waals surface area (Å²) in [6.45, 7) is 0. The average molecular weight is 79.1 g/mol. The molecule has 0 aromatic carbocycles. The van der Waals surface area contributed by atoms with Crippen LogP contribution in [0.25, 0.3) is 0 Å². The lowest BCUT2D eigenvalue weighted by atomic mass is 11.7. The van der Waals surface area contributed by atoms with Crippen molar-refractivity contribution < 1.29 is 4.84 Å². The SMILES string of the molecule is NOCS. The first kappa shape index (κ1) is 4.27. The first-order valence-corrected chi connectivity index (χ1v) is 1.47. The minimum Gasteiger partial charge on any atom is -0.294 e. The fourth-order valence-corrected chi connectivity index (χ4v) is 0. The van der Waals surface area contributed by atoms with E-state index in [0.717, 1.165) is 0 Å². The summed E-state index contributed by atoms with van der Waals surface area (Å²) in [6.07, 6.45) is 0. The fraction of sp³-hybridized carbons (Fsp3) is 1.00. The van der Waals surface area contributed by atoms with Gasteiger partial charge in [0.25, 0.3) is 0 Å². The number of nitrogens with two attached hydrogens (primary N) is 1. The maximum atomic E-state index is 4.45. The Morgan fingerprint density at radius 2 is 2.25 bits per heavy atom. The van der Waals surface area contributed by atoms with Crippen molar-refractivity contribution in [1.82, 2.24) is 0 Å². The van der Waals surface area contributed by atoms with Crippen LogP contribution in [0.5, 0.6) is 0 Å². The molecule has 0 saturated carbocycles. The summed E-state index contributed by atoms with van der Waals surface area (Å²) in [5, 5.41) is 0. The zero-order valence-corrected chi connectivity index (χ0v) is 3.03. The molecule has 0 spiro atoms. The van der Waals surface area contributed by atoms with Crippen LogP contribution in [0, 0.1) is 0 Å². The van der Waals surface area contributed by atoms with Crippen LogP contribution < -0.4 is 5.90 Å². The predicted octanol–water partition coefficient (Wildman–Crippen LogP) is -0.236. The maximum Gasteiger partial charge on any atom is 0.111 e. The van der Waals surface area contributed by atoms with Gasteiger partial charge in [0, 0.05) is 0 Å². The molecule has 0 radical (unpaired) electrons. The van der Waals surface area contributed by atoms with Gasteiger partial charge in [-0.05, 0) is 0 Å². The van der Waals surface area contributed by atoms with E-state index in [1.165, 1.54) is 0 Å². The van der Waals surface area contributed by atoms with Crippen molar-refractivity contribution in [3.05, 3.63) is 0 Å².